The number of Topliss-reactive ketones (excluding diaryl/α,β-unsaturated/α-hetero) is 1. The molecule has 0 saturated heterocycles. The zero-order chi connectivity index (χ0) is 14.8. The summed E-state index contributed by atoms with van der Waals surface area (Å²) in [4.78, 5) is 20.6. The van der Waals surface area contributed by atoms with Crippen LogP contribution in [0.15, 0.2) is 42.9 Å². The van der Waals surface area contributed by atoms with Crippen molar-refractivity contribution in [1.82, 2.24) is 14.5 Å². The number of carbonyl (C=O) groups excluding carboxylic acids is 1. The molecule has 106 valence electrons. The minimum absolute atomic E-state index is 0.0436. The number of aromatic nitrogens is 3. The van der Waals surface area contributed by atoms with Gasteiger partial charge in [0.15, 0.2) is 11.5 Å². The van der Waals surface area contributed by atoms with E-state index in [0.717, 1.165) is 11.2 Å². The molecule has 0 amide bonds. The second kappa shape index (κ2) is 5.36. The fourth-order valence-electron chi connectivity index (χ4n) is 2.35. The second-order valence-corrected chi connectivity index (χ2v) is 4.91. The summed E-state index contributed by atoms with van der Waals surface area (Å²) in [6, 6.07) is 7.10. The summed E-state index contributed by atoms with van der Waals surface area (Å²) in [7, 11) is 1.89. The number of nitrogens with zero attached hydrogens (tertiary/aromatic N) is 3. The number of phenolic OH excluding ortho intramolecular Hbond substituents is 1. The molecule has 0 unspecified atom stereocenters. The highest BCUT2D eigenvalue weighted by molar-refractivity contribution is 6.03. The molecule has 1 aromatic carbocycles. The standard InChI is InChI=1S/C16H15N3O2/c1-19-10-9-17-14(19)7-6-13(20)12-5-4-11-3-2-8-18-15(11)16(12)21/h2-5,8-10,21H,6-7H2,1H3. The maximum Gasteiger partial charge on any atom is 0.167 e. The van der Waals surface area contributed by atoms with E-state index in [0.29, 0.717) is 23.9 Å². The molecule has 3 aromatic rings. The molecule has 0 spiro atoms. The molecule has 2 heterocycles. The van der Waals surface area contributed by atoms with E-state index >= 15 is 0 Å². The zero-order valence-electron chi connectivity index (χ0n) is 11.7. The van der Waals surface area contributed by atoms with Gasteiger partial charge in [0.2, 0.25) is 0 Å². The van der Waals surface area contributed by atoms with E-state index in [2.05, 4.69) is 9.97 Å². The van der Waals surface area contributed by atoms with E-state index in [1.165, 1.54) is 0 Å². The highest BCUT2D eigenvalue weighted by Gasteiger charge is 2.15. The number of ketones is 1. The molecular formula is C16H15N3O2. The van der Waals surface area contributed by atoms with Crippen molar-refractivity contribution in [2.24, 2.45) is 7.05 Å². The quantitative estimate of drug-likeness (QED) is 0.746. The lowest BCUT2D eigenvalue weighted by atomic mass is 10.0. The van der Waals surface area contributed by atoms with Gasteiger partial charge in [0.1, 0.15) is 11.3 Å². The highest BCUT2D eigenvalue weighted by atomic mass is 16.3. The number of aryl methyl sites for hydroxylation is 2. The Hall–Kier alpha value is -2.69. The normalized spacial score (nSPS) is 10.9. The van der Waals surface area contributed by atoms with Gasteiger partial charge >= 0.3 is 0 Å². The van der Waals surface area contributed by atoms with Gasteiger partial charge in [0.25, 0.3) is 0 Å². The van der Waals surface area contributed by atoms with Crippen molar-refractivity contribution in [3.8, 4) is 5.75 Å². The molecule has 2 aromatic heterocycles. The van der Waals surface area contributed by atoms with E-state index in [9.17, 15) is 9.90 Å². The summed E-state index contributed by atoms with van der Waals surface area (Å²) >= 11 is 0. The number of benzene rings is 1. The average molecular weight is 281 g/mol. The predicted molar refractivity (Wildman–Crippen MR) is 79.3 cm³/mol. The number of fused-ring (bicyclic) bond motifs is 1. The van der Waals surface area contributed by atoms with Crippen LogP contribution in [0.1, 0.15) is 22.6 Å². The molecule has 21 heavy (non-hydrogen) atoms. The number of phenols is 1. The largest absolute Gasteiger partial charge is 0.505 e. The highest BCUT2D eigenvalue weighted by Crippen LogP contribution is 2.27. The zero-order valence-corrected chi connectivity index (χ0v) is 11.7. The number of hydrogen-bond acceptors (Lipinski definition) is 4. The summed E-state index contributed by atoms with van der Waals surface area (Å²) in [6.45, 7) is 0. The third-order valence-electron chi connectivity index (χ3n) is 3.54. The van der Waals surface area contributed by atoms with E-state index < -0.39 is 0 Å². The minimum atomic E-state index is -0.108. The number of pyridine rings is 1. The topological polar surface area (TPSA) is 68.0 Å². The Kier molecular flexibility index (Phi) is 3.39. The summed E-state index contributed by atoms with van der Waals surface area (Å²) in [5.74, 6) is 0.697. The molecule has 0 aliphatic rings. The molecule has 0 saturated carbocycles. The lowest BCUT2D eigenvalue weighted by Gasteiger charge is -2.06. The first-order valence-electron chi connectivity index (χ1n) is 6.73. The predicted octanol–water partition coefficient (Wildman–Crippen LogP) is 2.49. The van der Waals surface area contributed by atoms with Crippen molar-refractivity contribution in [1.29, 1.82) is 0 Å². The van der Waals surface area contributed by atoms with Gasteiger partial charge in [-0.05, 0) is 12.1 Å². The lowest BCUT2D eigenvalue weighted by Crippen LogP contribution is -2.05. The Balaban J connectivity index is 1.85. The molecule has 0 atom stereocenters. The van der Waals surface area contributed by atoms with Gasteiger partial charge in [-0.1, -0.05) is 12.1 Å². The van der Waals surface area contributed by atoms with Crippen LogP contribution in [0.4, 0.5) is 0 Å². The van der Waals surface area contributed by atoms with Crippen LogP contribution in [0.3, 0.4) is 0 Å². The third kappa shape index (κ3) is 2.50. The van der Waals surface area contributed by atoms with Crippen LogP contribution < -0.4 is 0 Å². The summed E-state index contributed by atoms with van der Waals surface area (Å²) in [6.07, 6.45) is 6.00. The smallest absolute Gasteiger partial charge is 0.167 e. The van der Waals surface area contributed by atoms with E-state index in [1.807, 2.05) is 23.9 Å². The van der Waals surface area contributed by atoms with Crippen LogP contribution in [-0.2, 0) is 13.5 Å². The van der Waals surface area contributed by atoms with Crippen molar-refractivity contribution in [2.45, 2.75) is 12.8 Å². The lowest BCUT2D eigenvalue weighted by molar-refractivity contribution is 0.0979. The van der Waals surface area contributed by atoms with Crippen LogP contribution in [-0.4, -0.2) is 25.4 Å². The molecule has 5 nitrogen and oxygen atoms in total. The summed E-state index contributed by atoms with van der Waals surface area (Å²) in [5.41, 5.74) is 0.774. The Morgan fingerprint density at radius 3 is 2.86 bits per heavy atom. The molecule has 1 N–H and O–H groups in total. The van der Waals surface area contributed by atoms with Gasteiger partial charge in [-0.2, -0.15) is 0 Å². The van der Waals surface area contributed by atoms with Crippen molar-refractivity contribution in [2.75, 3.05) is 0 Å². The molecule has 0 fully saturated rings. The molecule has 5 heteroatoms. The summed E-state index contributed by atoms with van der Waals surface area (Å²) < 4.78 is 1.88. The molecule has 3 rings (SSSR count). The number of aromatic hydroxyl groups is 1. The first-order chi connectivity index (χ1) is 10.2. The Labute approximate surface area is 121 Å². The molecule has 0 aliphatic heterocycles. The Bertz CT molecular complexity index is 808. The first-order valence-corrected chi connectivity index (χ1v) is 6.73. The summed E-state index contributed by atoms with van der Waals surface area (Å²) in [5, 5.41) is 11.0. The fraction of sp³-hybridized carbons (Fsp3) is 0.188. The number of rotatable bonds is 4. The van der Waals surface area contributed by atoms with Crippen molar-refractivity contribution >= 4 is 16.7 Å². The van der Waals surface area contributed by atoms with Gasteiger partial charge < -0.3 is 9.67 Å². The van der Waals surface area contributed by atoms with Crippen molar-refractivity contribution in [3.05, 3.63) is 54.2 Å². The van der Waals surface area contributed by atoms with E-state index in [1.54, 1.807) is 30.6 Å². The van der Waals surface area contributed by atoms with Gasteiger partial charge in [-0.15, -0.1) is 0 Å². The third-order valence-corrected chi connectivity index (χ3v) is 3.54. The van der Waals surface area contributed by atoms with Crippen LogP contribution in [0, 0.1) is 0 Å². The van der Waals surface area contributed by atoms with Crippen molar-refractivity contribution in [3.63, 3.8) is 0 Å². The van der Waals surface area contributed by atoms with Gasteiger partial charge in [-0.3, -0.25) is 9.78 Å². The van der Waals surface area contributed by atoms with Gasteiger partial charge in [0.05, 0.1) is 5.56 Å². The number of hydrogen-bond donors (Lipinski definition) is 1. The Morgan fingerprint density at radius 2 is 2.10 bits per heavy atom. The maximum absolute atomic E-state index is 12.3. The fourth-order valence-corrected chi connectivity index (χ4v) is 2.35. The van der Waals surface area contributed by atoms with Crippen LogP contribution in [0.2, 0.25) is 0 Å². The van der Waals surface area contributed by atoms with Gasteiger partial charge in [-0.25, -0.2) is 4.98 Å². The maximum atomic E-state index is 12.3. The Morgan fingerprint density at radius 1 is 1.24 bits per heavy atom. The molecule has 0 aliphatic carbocycles. The number of carbonyl (C=O) groups is 1. The SMILES string of the molecule is Cn1ccnc1CCC(=O)c1ccc2cccnc2c1O. The van der Waals surface area contributed by atoms with Crippen LogP contribution in [0.25, 0.3) is 10.9 Å². The molecule has 0 bridgehead atoms. The van der Waals surface area contributed by atoms with Gasteiger partial charge in [0, 0.05) is 43.9 Å². The van der Waals surface area contributed by atoms with Crippen LogP contribution >= 0.6 is 0 Å². The van der Waals surface area contributed by atoms with E-state index in [-0.39, 0.29) is 11.5 Å². The molecule has 0 radical (unpaired) electrons. The van der Waals surface area contributed by atoms with Crippen molar-refractivity contribution < 1.29 is 9.90 Å². The average Bonchev–Trinajstić information content (AvgIpc) is 2.91. The van der Waals surface area contributed by atoms with Crippen LogP contribution in [0.5, 0.6) is 5.75 Å². The minimum Gasteiger partial charge on any atom is -0.505 e. The van der Waals surface area contributed by atoms with E-state index in [4.69, 9.17) is 0 Å². The second-order valence-electron chi connectivity index (χ2n) is 4.91. The number of imidazole rings is 1. The first kappa shape index (κ1) is 13.3. The monoisotopic (exact) mass is 281 g/mol. The molecular weight excluding hydrogens is 266 g/mol.